The van der Waals surface area contributed by atoms with Crippen LogP contribution in [-0.2, 0) is 4.79 Å². The topological polar surface area (TPSA) is 37.3 Å². The van der Waals surface area contributed by atoms with Gasteiger partial charge in [-0.1, -0.05) is 124 Å². The van der Waals surface area contributed by atoms with E-state index in [-0.39, 0.29) is 0 Å². The molecule has 0 rings (SSSR count). The maximum absolute atomic E-state index is 11.8. The minimum Gasteiger partial charge on any atom is -0.481 e. The van der Waals surface area contributed by atoms with E-state index in [1.54, 1.807) is 0 Å². The molecular weight excluding hydrogens is 320 g/mol. The van der Waals surface area contributed by atoms with E-state index in [0.717, 1.165) is 32.1 Å². The Balaban J connectivity index is 3.74. The third kappa shape index (κ3) is 12.8. The van der Waals surface area contributed by atoms with Crippen LogP contribution >= 0.6 is 0 Å². The minimum atomic E-state index is -0.556. The fraction of sp³-hybridized carbons (Fsp3) is 0.958. The minimum absolute atomic E-state index is 0.452. The molecule has 0 aromatic rings. The van der Waals surface area contributed by atoms with E-state index < -0.39 is 11.4 Å². The molecule has 156 valence electrons. The fourth-order valence-electron chi connectivity index (χ4n) is 4.04. The molecule has 2 heteroatoms. The van der Waals surface area contributed by atoms with Crippen molar-refractivity contribution in [3.63, 3.8) is 0 Å². The second kappa shape index (κ2) is 17.9. The van der Waals surface area contributed by atoms with Crippen LogP contribution in [-0.4, -0.2) is 11.1 Å². The van der Waals surface area contributed by atoms with Crippen molar-refractivity contribution in [1.29, 1.82) is 0 Å². The number of carboxylic acids is 1. The number of hydrogen-bond donors (Lipinski definition) is 1. The molecule has 0 fully saturated rings. The molecule has 26 heavy (non-hydrogen) atoms. The summed E-state index contributed by atoms with van der Waals surface area (Å²) < 4.78 is 0. The van der Waals surface area contributed by atoms with Crippen molar-refractivity contribution in [2.24, 2.45) is 5.41 Å². The van der Waals surface area contributed by atoms with Gasteiger partial charge in [-0.2, -0.15) is 0 Å². The van der Waals surface area contributed by atoms with Crippen LogP contribution in [0.5, 0.6) is 0 Å². The smallest absolute Gasteiger partial charge is 0.309 e. The average Bonchev–Trinajstić information content (AvgIpc) is 2.64. The number of rotatable bonds is 20. The molecule has 1 atom stereocenters. The zero-order valence-electron chi connectivity index (χ0n) is 18.3. The van der Waals surface area contributed by atoms with Crippen LogP contribution in [0.15, 0.2) is 0 Å². The van der Waals surface area contributed by atoms with Crippen LogP contribution in [0.3, 0.4) is 0 Å². The molecular formula is C24H48O2. The van der Waals surface area contributed by atoms with Gasteiger partial charge in [0.1, 0.15) is 0 Å². The highest BCUT2D eigenvalue weighted by atomic mass is 16.4. The molecule has 0 spiro atoms. The van der Waals surface area contributed by atoms with Crippen molar-refractivity contribution in [3.05, 3.63) is 0 Å². The molecule has 2 nitrogen and oxygen atoms in total. The molecule has 0 heterocycles. The first kappa shape index (κ1) is 25.5. The maximum atomic E-state index is 11.8. The number of carbonyl (C=O) groups is 1. The highest BCUT2D eigenvalue weighted by Gasteiger charge is 2.35. The molecule has 0 aromatic carbocycles. The van der Waals surface area contributed by atoms with Crippen LogP contribution in [0.2, 0.25) is 0 Å². The third-order valence-electron chi connectivity index (χ3n) is 6.15. The van der Waals surface area contributed by atoms with Gasteiger partial charge >= 0.3 is 5.97 Å². The van der Waals surface area contributed by atoms with Crippen molar-refractivity contribution >= 4 is 5.97 Å². The second-order valence-corrected chi connectivity index (χ2v) is 8.39. The van der Waals surface area contributed by atoms with Gasteiger partial charge in [0, 0.05) is 0 Å². The van der Waals surface area contributed by atoms with Gasteiger partial charge in [-0.15, -0.1) is 0 Å². The van der Waals surface area contributed by atoms with Crippen LogP contribution in [0.4, 0.5) is 0 Å². The zero-order valence-corrected chi connectivity index (χ0v) is 18.3. The Labute approximate surface area is 164 Å². The molecule has 0 radical (unpaired) electrons. The monoisotopic (exact) mass is 368 g/mol. The first-order valence-electron chi connectivity index (χ1n) is 11.9. The Bertz CT molecular complexity index is 313. The van der Waals surface area contributed by atoms with Crippen molar-refractivity contribution < 1.29 is 9.90 Å². The van der Waals surface area contributed by atoms with Crippen LogP contribution in [0.1, 0.15) is 143 Å². The largest absolute Gasteiger partial charge is 0.481 e. The van der Waals surface area contributed by atoms with E-state index in [1.807, 2.05) is 0 Å². The maximum Gasteiger partial charge on any atom is 0.309 e. The molecule has 0 amide bonds. The first-order chi connectivity index (χ1) is 12.6. The Hall–Kier alpha value is -0.530. The van der Waals surface area contributed by atoms with E-state index in [0.29, 0.717) is 0 Å². The van der Waals surface area contributed by atoms with Gasteiger partial charge in [-0.3, -0.25) is 4.79 Å². The summed E-state index contributed by atoms with van der Waals surface area (Å²) in [6.07, 6.45) is 23.3. The molecule has 0 saturated heterocycles. The Kier molecular flexibility index (Phi) is 17.5. The van der Waals surface area contributed by atoms with E-state index in [4.69, 9.17) is 0 Å². The number of unbranched alkanes of at least 4 members (excludes halogenated alkanes) is 14. The number of hydrogen-bond acceptors (Lipinski definition) is 1. The molecule has 1 unspecified atom stereocenters. The van der Waals surface area contributed by atoms with Crippen LogP contribution < -0.4 is 0 Å². The molecule has 0 aliphatic heterocycles. The molecule has 0 aromatic heterocycles. The van der Waals surface area contributed by atoms with Crippen LogP contribution in [0.25, 0.3) is 0 Å². The SMILES string of the molecule is CCCCCCCCCCCCCCC(CC)(CCCCCC)C(=O)O. The standard InChI is InChI=1S/C24H48O2/c1-4-7-9-11-12-13-14-15-16-17-18-20-22-24(6-3,23(25)26)21-19-10-8-5-2/h4-22H2,1-3H3,(H,25,26). The van der Waals surface area contributed by atoms with Crippen molar-refractivity contribution in [3.8, 4) is 0 Å². The first-order valence-corrected chi connectivity index (χ1v) is 11.9. The van der Waals surface area contributed by atoms with Crippen molar-refractivity contribution in [2.45, 2.75) is 143 Å². The summed E-state index contributed by atoms with van der Waals surface area (Å²) >= 11 is 0. The third-order valence-corrected chi connectivity index (χ3v) is 6.15. The Morgan fingerprint density at radius 1 is 0.577 bits per heavy atom. The summed E-state index contributed by atoms with van der Waals surface area (Å²) in [5.74, 6) is -0.556. The second-order valence-electron chi connectivity index (χ2n) is 8.39. The van der Waals surface area contributed by atoms with Crippen LogP contribution in [0, 0.1) is 5.41 Å². The van der Waals surface area contributed by atoms with E-state index in [1.165, 1.54) is 89.9 Å². The molecule has 0 bridgehead atoms. The van der Waals surface area contributed by atoms with Gasteiger partial charge in [-0.25, -0.2) is 0 Å². The lowest BCUT2D eigenvalue weighted by Crippen LogP contribution is -2.30. The predicted octanol–water partition coefficient (Wildman–Crippen LogP) is 8.53. The lowest BCUT2D eigenvalue weighted by molar-refractivity contribution is -0.150. The highest BCUT2D eigenvalue weighted by Crippen LogP contribution is 2.35. The van der Waals surface area contributed by atoms with Crippen molar-refractivity contribution in [1.82, 2.24) is 0 Å². The zero-order chi connectivity index (χ0) is 19.5. The lowest BCUT2D eigenvalue weighted by Gasteiger charge is -2.28. The van der Waals surface area contributed by atoms with E-state index >= 15 is 0 Å². The number of carboxylic acid groups (broad SMARTS) is 1. The normalized spacial score (nSPS) is 13.7. The van der Waals surface area contributed by atoms with E-state index in [9.17, 15) is 9.90 Å². The molecule has 1 N–H and O–H groups in total. The predicted molar refractivity (Wildman–Crippen MR) is 115 cm³/mol. The quantitative estimate of drug-likeness (QED) is 0.219. The summed E-state index contributed by atoms with van der Waals surface area (Å²) in [5, 5.41) is 9.76. The van der Waals surface area contributed by atoms with Crippen molar-refractivity contribution in [2.75, 3.05) is 0 Å². The fourth-order valence-corrected chi connectivity index (χ4v) is 4.04. The van der Waals surface area contributed by atoms with Gasteiger partial charge in [0.25, 0.3) is 0 Å². The summed E-state index contributed by atoms with van der Waals surface area (Å²) in [6, 6.07) is 0. The van der Waals surface area contributed by atoms with Gasteiger partial charge in [0.2, 0.25) is 0 Å². The Morgan fingerprint density at radius 2 is 0.885 bits per heavy atom. The summed E-state index contributed by atoms with van der Waals surface area (Å²) in [5.41, 5.74) is -0.452. The summed E-state index contributed by atoms with van der Waals surface area (Å²) in [6.45, 7) is 6.54. The Morgan fingerprint density at radius 3 is 1.19 bits per heavy atom. The van der Waals surface area contributed by atoms with E-state index in [2.05, 4.69) is 20.8 Å². The van der Waals surface area contributed by atoms with Gasteiger partial charge in [0.15, 0.2) is 0 Å². The molecule has 0 saturated carbocycles. The van der Waals surface area contributed by atoms with Gasteiger partial charge < -0.3 is 5.11 Å². The number of aliphatic carboxylic acids is 1. The van der Waals surface area contributed by atoms with Gasteiger partial charge in [0.05, 0.1) is 5.41 Å². The highest BCUT2D eigenvalue weighted by molar-refractivity contribution is 5.74. The average molecular weight is 369 g/mol. The summed E-state index contributed by atoms with van der Waals surface area (Å²) in [4.78, 5) is 11.8. The van der Waals surface area contributed by atoms with Gasteiger partial charge in [-0.05, 0) is 19.3 Å². The molecule has 0 aliphatic carbocycles. The summed E-state index contributed by atoms with van der Waals surface area (Å²) in [7, 11) is 0. The lowest BCUT2D eigenvalue weighted by atomic mass is 9.76. The molecule has 0 aliphatic rings.